The van der Waals surface area contributed by atoms with Crippen LogP contribution in [0.2, 0.25) is 0 Å². The van der Waals surface area contributed by atoms with Crippen molar-refractivity contribution in [3.63, 3.8) is 0 Å². The number of amides is 2. The number of nitrogens with zero attached hydrogens (tertiary/aromatic N) is 2. The molecule has 0 atom stereocenters. The van der Waals surface area contributed by atoms with Crippen molar-refractivity contribution >= 4 is 23.2 Å². The highest BCUT2D eigenvalue weighted by molar-refractivity contribution is 7.12. The summed E-state index contributed by atoms with van der Waals surface area (Å²) in [5.74, 6) is 0.416. The number of hydrogen-bond acceptors (Lipinski definition) is 4. The zero-order chi connectivity index (χ0) is 15.5. The van der Waals surface area contributed by atoms with Gasteiger partial charge in [-0.1, -0.05) is 0 Å². The normalized spacial score (nSPS) is 20.2. The van der Waals surface area contributed by atoms with E-state index in [4.69, 9.17) is 4.74 Å². The minimum Gasteiger partial charge on any atom is -0.378 e. The average molecular weight is 322 g/mol. The third kappa shape index (κ3) is 3.17. The van der Waals surface area contributed by atoms with Gasteiger partial charge in [-0.15, -0.1) is 11.3 Å². The molecule has 0 saturated carbocycles. The van der Waals surface area contributed by atoms with Crippen LogP contribution in [0.25, 0.3) is 0 Å². The third-order valence-electron chi connectivity index (χ3n) is 4.51. The number of morpholine rings is 1. The van der Waals surface area contributed by atoms with E-state index < -0.39 is 0 Å². The SMILES string of the molecule is Cc1ccsc1C(=O)N1CCC(C(=O)N2CCOCC2)CC1. The number of hydrogen-bond donors (Lipinski definition) is 0. The van der Waals surface area contributed by atoms with Crippen LogP contribution in [0.4, 0.5) is 0 Å². The first-order valence-electron chi connectivity index (χ1n) is 7.86. The molecule has 2 aliphatic rings. The number of carbonyl (C=O) groups excluding carboxylic acids is 2. The van der Waals surface area contributed by atoms with Gasteiger partial charge in [0.05, 0.1) is 18.1 Å². The van der Waals surface area contributed by atoms with Crippen molar-refractivity contribution in [1.82, 2.24) is 9.80 Å². The molecule has 2 aliphatic heterocycles. The van der Waals surface area contributed by atoms with Crippen molar-refractivity contribution in [2.45, 2.75) is 19.8 Å². The average Bonchev–Trinajstić information content (AvgIpc) is 3.00. The van der Waals surface area contributed by atoms with Gasteiger partial charge in [0.25, 0.3) is 5.91 Å². The highest BCUT2D eigenvalue weighted by atomic mass is 32.1. The van der Waals surface area contributed by atoms with Crippen LogP contribution < -0.4 is 0 Å². The van der Waals surface area contributed by atoms with Crippen LogP contribution in [0, 0.1) is 12.8 Å². The lowest BCUT2D eigenvalue weighted by atomic mass is 9.95. The van der Waals surface area contributed by atoms with Crippen molar-refractivity contribution in [3.8, 4) is 0 Å². The molecule has 1 aromatic heterocycles. The quantitative estimate of drug-likeness (QED) is 0.834. The maximum absolute atomic E-state index is 12.5. The van der Waals surface area contributed by atoms with Crippen LogP contribution in [0.3, 0.4) is 0 Å². The molecule has 0 spiro atoms. The van der Waals surface area contributed by atoms with Gasteiger partial charge < -0.3 is 14.5 Å². The van der Waals surface area contributed by atoms with E-state index in [2.05, 4.69) is 0 Å². The highest BCUT2D eigenvalue weighted by Gasteiger charge is 2.31. The zero-order valence-corrected chi connectivity index (χ0v) is 13.7. The number of likely N-dealkylation sites (tertiary alicyclic amines) is 1. The Balaban J connectivity index is 1.55. The zero-order valence-electron chi connectivity index (χ0n) is 12.9. The number of thiophene rings is 1. The van der Waals surface area contributed by atoms with E-state index in [1.54, 1.807) is 0 Å². The topological polar surface area (TPSA) is 49.9 Å². The van der Waals surface area contributed by atoms with E-state index in [1.807, 2.05) is 28.2 Å². The van der Waals surface area contributed by atoms with E-state index in [-0.39, 0.29) is 17.7 Å². The van der Waals surface area contributed by atoms with E-state index in [0.29, 0.717) is 39.4 Å². The van der Waals surface area contributed by atoms with Gasteiger partial charge in [0.15, 0.2) is 0 Å². The van der Waals surface area contributed by atoms with E-state index in [9.17, 15) is 9.59 Å². The molecule has 2 fully saturated rings. The Hall–Kier alpha value is -1.40. The summed E-state index contributed by atoms with van der Waals surface area (Å²) in [6.45, 7) is 6.01. The first-order chi connectivity index (χ1) is 10.7. The molecule has 0 aliphatic carbocycles. The second kappa shape index (κ2) is 6.79. The number of carbonyl (C=O) groups is 2. The lowest BCUT2D eigenvalue weighted by molar-refractivity contribution is -0.141. The third-order valence-corrected chi connectivity index (χ3v) is 5.51. The summed E-state index contributed by atoms with van der Waals surface area (Å²) < 4.78 is 5.29. The molecular formula is C16H22N2O3S. The second-order valence-electron chi connectivity index (χ2n) is 5.94. The molecule has 5 nitrogen and oxygen atoms in total. The molecule has 0 bridgehead atoms. The Kier molecular flexibility index (Phi) is 4.78. The highest BCUT2D eigenvalue weighted by Crippen LogP contribution is 2.24. The summed E-state index contributed by atoms with van der Waals surface area (Å²) >= 11 is 1.50. The largest absolute Gasteiger partial charge is 0.378 e. The fraction of sp³-hybridized carbons (Fsp3) is 0.625. The van der Waals surface area contributed by atoms with Crippen molar-refractivity contribution in [2.75, 3.05) is 39.4 Å². The van der Waals surface area contributed by atoms with Crippen molar-refractivity contribution < 1.29 is 14.3 Å². The first kappa shape index (κ1) is 15.5. The van der Waals surface area contributed by atoms with E-state index in [1.165, 1.54) is 11.3 Å². The molecule has 3 rings (SSSR count). The van der Waals surface area contributed by atoms with Crippen LogP contribution in [0.1, 0.15) is 28.1 Å². The summed E-state index contributed by atoms with van der Waals surface area (Å²) in [5.41, 5.74) is 1.04. The molecular weight excluding hydrogens is 300 g/mol. The molecule has 22 heavy (non-hydrogen) atoms. The number of ether oxygens (including phenoxy) is 1. The second-order valence-corrected chi connectivity index (χ2v) is 6.85. The Bertz CT molecular complexity index is 543. The van der Waals surface area contributed by atoms with Gasteiger partial charge in [-0.25, -0.2) is 0 Å². The van der Waals surface area contributed by atoms with Crippen LogP contribution in [0.15, 0.2) is 11.4 Å². The summed E-state index contributed by atoms with van der Waals surface area (Å²) in [7, 11) is 0. The van der Waals surface area contributed by atoms with Crippen LogP contribution in [0.5, 0.6) is 0 Å². The molecule has 1 aromatic rings. The summed E-state index contributed by atoms with van der Waals surface area (Å²) in [6.07, 6.45) is 1.54. The molecule has 0 aromatic carbocycles. The Labute approximate surface area is 134 Å². The molecule has 2 saturated heterocycles. The Morgan fingerprint density at radius 2 is 1.82 bits per heavy atom. The molecule has 0 unspecified atom stereocenters. The smallest absolute Gasteiger partial charge is 0.264 e. The van der Waals surface area contributed by atoms with Crippen LogP contribution >= 0.6 is 11.3 Å². The molecule has 0 N–H and O–H groups in total. The minimum atomic E-state index is 0.0617. The lowest BCUT2D eigenvalue weighted by Crippen LogP contribution is -2.47. The summed E-state index contributed by atoms with van der Waals surface area (Å²) in [4.78, 5) is 29.6. The predicted molar refractivity (Wildman–Crippen MR) is 85.1 cm³/mol. The van der Waals surface area contributed by atoms with Gasteiger partial charge in [-0.3, -0.25) is 9.59 Å². The maximum atomic E-state index is 12.5. The summed E-state index contributed by atoms with van der Waals surface area (Å²) in [5, 5.41) is 1.96. The van der Waals surface area contributed by atoms with Crippen LogP contribution in [-0.4, -0.2) is 61.0 Å². The van der Waals surface area contributed by atoms with Gasteiger partial charge in [-0.2, -0.15) is 0 Å². The fourth-order valence-corrected chi connectivity index (χ4v) is 4.00. The standard InChI is InChI=1S/C16H22N2O3S/c1-12-4-11-22-14(12)16(20)17-5-2-13(3-6-17)15(19)18-7-9-21-10-8-18/h4,11,13H,2-3,5-10H2,1H3. The molecule has 6 heteroatoms. The number of rotatable bonds is 2. The number of piperidine rings is 1. The van der Waals surface area contributed by atoms with Crippen molar-refractivity contribution in [2.24, 2.45) is 5.92 Å². The van der Waals surface area contributed by atoms with Gasteiger partial charge >= 0.3 is 0 Å². The Morgan fingerprint density at radius 3 is 2.41 bits per heavy atom. The van der Waals surface area contributed by atoms with Gasteiger partial charge in [0.2, 0.25) is 5.91 Å². The first-order valence-corrected chi connectivity index (χ1v) is 8.74. The molecule has 3 heterocycles. The monoisotopic (exact) mass is 322 g/mol. The van der Waals surface area contributed by atoms with Crippen molar-refractivity contribution in [3.05, 3.63) is 21.9 Å². The van der Waals surface area contributed by atoms with E-state index >= 15 is 0 Å². The minimum absolute atomic E-state index is 0.0617. The van der Waals surface area contributed by atoms with Gasteiger partial charge in [0.1, 0.15) is 0 Å². The van der Waals surface area contributed by atoms with Crippen molar-refractivity contribution in [1.29, 1.82) is 0 Å². The lowest BCUT2D eigenvalue weighted by Gasteiger charge is -2.35. The fourth-order valence-electron chi connectivity index (χ4n) is 3.11. The maximum Gasteiger partial charge on any atom is 0.264 e. The van der Waals surface area contributed by atoms with Gasteiger partial charge in [0, 0.05) is 32.1 Å². The Morgan fingerprint density at radius 1 is 1.14 bits per heavy atom. The molecule has 120 valence electrons. The number of aryl methyl sites for hydroxylation is 1. The molecule has 0 radical (unpaired) electrons. The van der Waals surface area contributed by atoms with Crippen LogP contribution in [-0.2, 0) is 9.53 Å². The summed E-state index contributed by atoms with van der Waals surface area (Å²) in [6, 6.07) is 1.98. The van der Waals surface area contributed by atoms with E-state index in [0.717, 1.165) is 23.3 Å². The predicted octanol–water partition coefficient (Wildman–Crippen LogP) is 1.77. The molecule has 2 amide bonds. The van der Waals surface area contributed by atoms with Gasteiger partial charge in [-0.05, 0) is 36.8 Å².